The van der Waals surface area contributed by atoms with E-state index in [4.69, 9.17) is 5.73 Å². The summed E-state index contributed by atoms with van der Waals surface area (Å²) < 4.78 is 0. The summed E-state index contributed by atoms with van der Waals surface area (Å²) in [7, 11) is 0. The molecule has 0 aromatic heterocycles. The van der Waals surface area contributed by atoms with Crippen LogP contribution < -0.4 is 5.73 Å². The predicted octanol–water partition coefficient (Wildman–Crippen LogP) is 4.19. The van der Waals surface area contributed by atoms with Gasteiger partial charge in [0, 0.05) is 15.8 Å². The molecule has 0 aliphatic carbocycles. The first-order chi connectivity index (χ1) is 6.99. The van der Waals surface area contributed by atoms with Crippen LogP contribution in [0.4, 0.5) is 5.69 Å². The lowest BCUT2D eigenvalue weighted by atomic mass is 10.1. The van der Waals surface area contributed by atoms with Crippen molar-refractivity contribution in [3.8, 4) is 0 Å². The number of nitrogen functional groups attached to an aromatic ring is 1. The van der Waals surface area contributed by atoms with Gasteiger partial charge in [0.25, 0.3) is 0 Å². The standard InChI is InChI=1S/C13H19NS/c1-9(2)7-11-8-12(14)5-6-13(11)15-10(3)4/h5-8,10H,14H2,1-4H3. The molecule has 0 unspecified atom stereocenters. The first-order valence-corrected chi connectivity index (χ1v) is 6.08. The Morgan fingerprint density at radius 1 is 1.33 bits per heavy atom. The molecule has 1 rings (SSSR count). The fourth-order valence-electron chi connectivity index (χ4n) is 1.35. The third kappa shape index (κ3) is 4.00. The summed E-state index contributed by atoms with van der Waals surface area (Å²) in [6.45, 7) is 8.61. The van der Waals surface area contributed by atoms with Crippen LogP contribution in [0.1, 0.15) is 33.3 Å². The monoisotopic (exact) mass is 221 g/mol. The Hall–Kier alpha value is -0.890. The second-order valence-electron chi connectivity index (χ2n) is 4.19. The Bertz CT molecular complexity index is 363. The molecule has 0 bridgehead atoms. The van der Waals surface area contributed by atoms with Crippen LogP contribution in [0.2, 0.25) is 0 Å². The normalized spacial score (nSPS) is 10.5. The van der Waals surface area contributed by atoms with Gasteiger partial charge in [-0.25, -0.2) is 0 Å². The molecule has 0 saturated heterocycles. The van der Waals surface area contributed by atoms with E-state index in [1.807, 2.05) is 23.9 Å². The van der Waals surface area contributed by atoms with Crippen molar-refractivity contribution < 1.29 is 0 Å². The quantitative estimate of drug-likeness (QED) is 0.611. The molecule has 2 N–H and O–H groups in total. The maximum atomic E-state index is 5.80. The average molecular weight is 221 g/mol. The van der Waals surface area contributed by atoms with Gasteiger partial charge in [-0.1, -0.05) is 25.5 Å². The van der Waals surface area contributed by atoms with Crippen molar-refractivity contribution in [2.45, 2.75) is 37.8 Å². The number of allylic oxidation sites excluding steroid dienone is 1. The molecule has 1 aromatic rings. The average Bonchev–Trinajstić information content (AvgIpc) is 2.08. The van der Waals surface area contributed by atoms with Gasteiger partial charge < -0.3 is 5.73 Å². The fourth-order valence-corrected chi connectivity index (χ4v) is 2.26. The molecule has 1 nitrogen and oxygen atoms in total. The van der Waals surface area contributed by atoms with Crippen LogP contribution in [0.3, 0.4) is 0 Å². The number of anilines is 1. The minimum absolute atomic E-state index is 0.595. The van der Waals surface area contributed by atoms with Crippen LogP contribution >= 0.6 is 11.8 Å². The SMILES string of the molecule is CC(C)=Cc1cc(N)ccc1SC(C)C. The van der Waals surface area contributed by atoms with Gasteiger partial charge in [0.05, 0.1) is 0 Å². The molecular weight excluding hydrogens is 202 g/mol. The van der Waals surface area contributed by atoms with Crippen molar-refractivity contribution in [1.82, 2.24) is 0 Å². The number of nitrogens with two attached hydrogens (primary N) is 1. The summed E-state index contributed by atoms with van der Waals surface area (Å²) in [5.74, 6) is 0. The van der Waals surface area contributed by atoms with Crippen LogP contribution in [-0.2, 0) is 0 Å². The Morgan fingerprint density at radius 2 is 2.00 bits per heavy atom. The first kappa shape index (κ1) is 12.2. The molecule has 0 aliphatic heterocycles. The molecule has 1 aromatic carbocycles. The Kier molecular flexibility index (Phi) is 4.28. The van der Waals surface area contributed by atoms with E-state index in [0.717, 1.165) is 5.69 Å². The summed E-state index contributed by atoms with van der Waals surface area (Å²) in [5.41, 5.74) is 9.15. The minimum Gasteiger partial charge on any atom is -0.399 e. The summed E-state index contributed by atoms with van der Waals surface area (Å²) in [6.07, 6.45) is 2.18. The second kappa shape index (κ2) is 5.26. The van der Waals surface area contributed by atoms with Gasteiger partial charge in [0.15, 0.2) is 0 Å². The molecule has 0 radical (unpaired) electrons. The van der Waals surface area contributed by atoms with Crippen LogP contribution in [0, 0.1) is 0 Å². The predicted molar refractivity (Wildman–Crippen MR) is 71.2 cm³/mol. The van der Waals surface area contributed by atoms with E-state index in [9.17, 15) is 0 Å². The zero-order valence-corrected chi connectivity index (χ0v) is 10.7. The molecule has 0 aliphatic rings. The summed E-state index contributed by atoms with van der Waals surface area (Å²) in [6, 6.07) is 6.11. The zero-order valence-electron chi connectivity index (χ0n) is 9.87. The van der Waals surface area contributed by atoms with E-state index in [1.165, 1.54) is 16.0 Å². The van der Waals surface area contributed by atoms with Gasteiger partial charge in [0.2, 0.25) is 0 Å². The summed E-state index contributed by atoms with van der Waals surface area (Å²) >= 11 is 1.88. The third-order valence-electron chi connectivity index (χ3n) is 1.84. The topological polar surface area (TPSA) is 26.0 Å². The van der Waals surface area contributed by atoms with Gasteiger partial charge in [-0.3, -0.25) is 0 Å². The highest BCUT2D eigenvalue weighted by molar-refractivity contribution is 8.00. The fraction of sp³-hybridized carbons (Fsp3) is 0.385. The van der Waals surface area contributed by atoms with E-state index in [-0.39, 0.29) is 0 Å². The highest BCUT2D eigenvalue weighted by Gasteiger charge is 2.03. The smallest absolute Gasteiger partial charge is 0.0320 e. The van der Waals surface area contributed by atoms with Gasteiger partial charge in [-0.15, -0.1) is 11.8 Å². The molecular formula is C13H19NS. The van der Waals surface area contributed by atoms with Crippen molar-refractivity contribution in [3.05, 3.63) is 29.3 Å². The van der Waals surface area contributed by atoms with Crippen LogP contribution in [0.15, 0.2) is 28.7 Å². The lowest BCUT2D eigenvalue weighted by Gasteiger charge is -2.09. The molecule has 0 fully saturated rings. The molecule has 0 spiro atoms. The maximum Gasteiger partial charge on any atom is 0.0320 e. The lowest BCUT2D eigenvalue weighted by molar-refractivity contribution is 1.11. The largest absolute Gasteiger partial charge is 0.399 e. The maximum absolute atomic E-state index is 5.80. The number of hydrogen-bond donors (Lipinski definition) is 1. The van der Waals surface area contributed by atoms with Gasteiger partial charge in [-0.2, -0.15) is 0 Å². The molecule has 15 heavy (non-hydrogen) atoms. The molecule has 0 heterocycles. The van der Waals surface area contributed by atoms with Crippen molar-refractivity contribution in [3.63, 3.8) is 0 Å². The molecule has 0 saturated carbocycles. The zero-order chi connectivity index (χ0) is 11.4. The molecule has 82 valence electrons. The Morgan fingerprint density at radius 3 is 2.53 bits per heavy atom. The van der Waals surface area contributed by atoms with Gasteiger partial charge in [0.1, 0.15) is 0 Å². The van der Waals surface area contributed by atoms with E-state index in [2.05, 4.69) is 39.8 Å². The highest BCUT2D eigenvalue weighted by atomic mass is 32.2. The number of rotatable bonds is 3. The highest BCUT2D eigenvalue weighted by Crippen LogP contribution is 2.29. The summed E-state index contributed by atoms with van der Waals surface area (Å²) in [4.78, 5) is 1.31. The van der Waals surface area contributed by atoms with Crippen LogP contribution in [0.5, 0.6) is 0 Å². The van der Waals surface area contributed by atoms with Gasteiger partial charge in [-0.05, 0) is 37.6 Å². The van der Waals surface area contributed by atoms with Crippen molar-refractivity contribution >= 4 is 23.5 Å². The number of thioether (sulfide) groups is 1. The van der Waals surface area contributed by atoms with Crippen molar-refractivity contribution in [2.24, 2.45) is 0 Å². The van der Waals surface area contributed by atoms with Gasteiger partial charge >= 0.3 is 0 Å². The van der Waals surface area contributed by atoms with E-state index < -0.39 is 0 Å². The second-order valence-corrected chi connectivity index (χ2v) is 5.80. The molecule has 0 atom stereocenters. The van der Waals surface area contributed by atoms with E-state index in [1.54, 1.807) is 0 Å². The number of hydrogen-bond acceptors (Lipinski definition) is 2. The molecule has 0 amide bonds. The lowest BCUT2D eigenvalue weighted by Crippen LogP contribution is -1.91. The third-order valence-corrected chi connectivity index (χ3v) is 2.94. The van der Waals surface area contributed by atoms with Crippen molar-refractivity contribution in [1.29, 1.82) is 0 Å². The van der Waals surface area contributed by atoms with Crippen molar-refractivity contribution in [2.75, 3.05) is 5.73 Å². The Balaban J connectivity index is 3.08. The van der Waals surface area contributed by atoms with E-state index in [0.29, 0.717) is 5.25 Å². The first-order valence-electron chi connectivity index (χ1n) is 5.20. The molecule has 2 heteroatoms. The van der Waals surface area contributed by atoms with Crippen LogP contribution in [0.25, 0.3) is 6.08 Å². The van der Waals surface area contributed by atoms with Crippen LogP contribution in [-0.4, -0.2) is 5.25 Å². The van der Waals surface area contributed by atoms with E-state index >= 15 is 0 Å². The Labute approximate surface area is 96.8 Å². The minimum atomic E-state index is 0.595. The number of benzene rings is 1. The summed E-state index contributed by atoms with van der Waals surface area (Å²) in [5, 5.41) is 0.595.